The van der Waals surface area contributed by atoms with Crippen LogP contribution in [0.4, 0.5) is 0 Å². The first-order valence-corrected chi connectivity index (χ1v) is 13.5. The Morgan fingerprint density at radius 3 is 2.50 bits per heavy atom. The van der Waals surface area contributed by atoms with Gasteiger partial charge in [0.05, 0.1) is 17.3 Å². The molecule has 6 rings (SSSR count). The highest BCUT2D eigenvalue weighted by atomic mass is 35.5. The molecular weight excluding hydrogens is 518 g/mol. The first-order valence-electron chi connectivity index (χ1n) is 13.2. The molecule has 0 amide bonds. The first kappa shape index (κ1) is 25.5. The maximum atomic E-state index is 13.5. The van der Waals surface area contributed by atoms with E-state index < -0.39 is 5.56 Å². The molecule has 0 bridgehead atoms. The number of nitrogens with one attached hydrogen (secondary N) is 1. The molecule has 196 valence electrons. The first-order chi connectivity index (χ1) is 19.5. The number of aromatic nitrogens is 3. The summed E-state index contributed by atoms with van der Waals surface area (Å²) in [4.78, 5) is 29.5. The van der Waals surface area contributed by atoms with Crippen molar-refractivity contribution in [2.45, 2.75) is 19.9 Å². The normalized spacial score (nSPS) is 11.6. The van der Waals surface area contributed by atoms with Crippen molar-refractivity contribution in [1.29, 1.82) is 0 Å². The van der Waals surface area contributed by atoms with Crippen LogP contribution in [-0.4, -0.2) is 20.5 Å². The minimum atomic E-state index is -0.410. The van der Waals surface area contributed by atoms with E-state index in [2.05, 4.69) is 35.2 Å². The summed E-state index contributed by atoms with van der Waals surface area (Å²) in [5, 5.41) is 6.83. The van der Waals surface area contributed by atoms with Gasteiger partial charge in [-0.25, -0.2) is 0 Å². The van der Waals surface area contributed by atoms with Crippen LogP contribution >= 0.6 is 11.6 Å². The monoisotopic (exact) mass is 543 g/mol. The molecule has 0 aliphatic heterocycles. The molecule has 0 aliphatic carbocycles. The van der Waals surface area contributed by atoms with E-state index in [-0.39, 0.29) is 11.3 Å². The molecule has 0 spiro atoms. The average molecular weight is 544 g/mol. The Hall–Kier alpha value is -4.74. The number of fused-ring (bicyclic) bond motifs is 2. The van der Waals surface area contributed by atoms with Crippen LogP contribution in [0.25, 0.3) is 39.0 Å². The van der Waals surface area contributed by atoms with E-state index >= 15 is 0 Å². The van der Waals surface area contributed by atoms with Gasteiger partial charge >= 0.3 is 0 Å². The van der Waals surface area contributed by atoms with E-state index in [1.807, 2.05) is 65.5 Å². The van der Waals surface area contributed by atoms with Gasteiger partial charge in [-0.15, -0.1) is 0 Å². The van der Waals surface area contributed by atoms with Gasteiger partial charge in [0.15, 0.2) is 5.78 Å². The SMILES string of the molecule is CCn1ncc2cc(-c3ccc(/C=C/C(=O)c4c(Cc5ccccc5)c5cc(Cl)ccc5[nH]c4=O)cc3)ccc21. The summed E-state index contributed by atoms with van der Waals surface area (Å²) in [6.45, 7) is 2.91. The zero-order chi connectivity index (χ0) is 27.6. The summed E-state index contributed by atoms with van der Waals surface area (Å²) in [5.74, 6) is -0.350. The summed E-state index contributed by atoms with van der Waals surface area (Å²) >= 11 is 6.30. The molecule has 1 N–H and O–H groups in total. The lowest BCUT2D eigenvalue weighted by molar-refractivity contribution is 0.104. The van der Waals surface area contributed by atoms with Gasteiger partial charge in [-0.1, -0.05) is 78.3 Å². The van der Waals surface area contributed by atoms with Gasteiger partial charge in [-0.3, -0.25) is 14.3 Å². The highest BCUT2D eigenvalue weighted by Gasteiger charge is 2.18. The topological polar surface area (TPSA) is 67.8 Å². The fraction of sp³-hybridized carbons (Fsp3) is 0.0882. The van der Waals surface area contributed by atoms with Gasteiger partial charge in [0.1, 0.15) is 0 Å². The molecule has 5 nitrogen and oxygen atoms in total. The Labute approximate surface area is 236 Å². The fourth-order valence-electron chi connectivity index (χ4n) is 5.14. The van der Waals surface area contributed by atoms with Gasteiger partial charge < -0.3 is 4.98 Å². The fourth-order valence-corrected chi connectivity index (χ4v) is 5.31. The van der Waals surface area contributed by atoms with Gasteiger partial charge in [-0.2, -0.15) is 5.10 Å². The minimum absolute atomic E-state index is 0.132. The van der Waals surface area contributed by atoms with Crippen molar-refractivity contribution in [3.63, 3.8) is 0 Å². The second-order valence-corrected chi connectivity index (χ2v) is 10.1. The van der Waals surface area contributed by atoms with Crippen molar-refractivity contribution in [3.8, 4) is 11.1 Å². The Morgan fingerprint density at radius 2 is 1.73 bits per heavy atom. The summed E-state index contributed by atoms with van der Waals surface area (Å²) < 4.78 is 1.98. The van der Waals surface area contributed by atoms with Crippen LogP contribution in [0.2, 0.25) is 5.02 Å². The summed E-state index contributed by atoms with van der Waals surface area (Å²) in [5.41, 5.74) is 6.19. The van der Waals surface area contributed by atoms with E-state index in [9.17, 15) is 9.59 Å². The van der Waals surface area contributed by atoms with Crippen molar-refractivity contribution in [1.82, 2.24) is 14.8 Å². The number of allylic oxidation sites excluding steroid dienone is 1. The molecule has 2 aromatic heterocycles. The lowest BCUT2D eigenvalue weighted by Gasteiger charge is -2.12. The van der Waals surface area contributed by atoms with Gasteiger partial charge in [0.25, 0.3) is 5.56 Å². The molecule has 0 unspecified atom stereocenters. The van der Waals surface area contributed by atoms with Crippen molar-refractivity contribution < 1.29 is 4.79 Å². The molecule has 0 aliphatic rings. The molecule has 2 heterocycles. The van der Waals surface area contributed by atoms with Crippen LogP contribution in [-0.2, 0) is 13.0 Å². The molecule has 0 saturated heterocycles. The average Bonchev–Trinajstić information content (AvgIpc) is 3.39. The van der Waals surface area contributed by atoms with Crippen LogP contribution in [0.1, 0.15) is 34.0 Å². The second kappa shape index (κ2) is 10.8. The van der Waals surface area contributed by atoms with Crippen LogP contribution in [0.5, 0.6) is 0 Å². The van der Waals surface area contributed by atoms with Crippen LogP contribution in [0.15, 0.2) is 108 Å². The van der Waals surface area contributed by atoms with E-state index in [0.717, 1.165) is 45.1 Å². The Kier molecular flexibility index (Phi) is 6.89. The van der Waals surface area contributed by atoms with Crippen LogP contribution < -0.4 is 5.56 Å². The summed E-state index contributed by atoms with van der Waals surface area (Å²) in [6.07, 6.45) is 5.54. The molecule has 0 fully saturated rings. The zero-order valence-electron chi connectivity index (χ0n) is 21.9. The number of hydrogen-bond acceptors (Lipinski definition) is 3. The molecule has 40 heavy (non-hydrogen) atoms. The van der Waals surface area contributed by atoms with E-state index in [1.54, 1.807) is 24.3 Å². The summed E-state index contributed by atoms with van der Waals surface area (Å²) in [7, 11) is 0. The standard InChI is InChI=1S/C34H26ClN3O2/c1-2-38-31-16-13-25(19-26(31)21-36-38)24-11-8-22(9-12-24)10-17-32(39)33-29(18-23-6-4-3-5-7-23)28-20-27(35)14-15-30(28)37-34(33)40/h3-17,19-21H,2,18H2,1H3,(H,37,40)/b17-10+. The molecule has 0 atom stereocenters. The predicted molar refractivity (Wildman–Crippen MR) is 163 cm³/mol. The number of nitrogens with zero attached hydrogens (tertiary/aromatic N) is 2. The quantitative estimate of drug-likeness (QED) is 0.166. The number of aryl methyl sites for hydroxylation is 1. The molecule has 6 heteroatoms. The van der Waals surface area contributed by atoms with E-state index in [1.165, 1.54) is 6.08 Å². The van der Waals surface area contributed by atoms with Gasteiger partial charge in [-0.05, 0) is 77.6 Å². The highest BCUT2D eigenvalue weighted by Crippen LogP contribution is 2.27. The maximum Gasteiger partial charge on any atom is 0.259 e. The van der Waals surface area contributed by atoms with E-state index in [0.29, 0.717) is 22.5 Å². The van der Waals surface area contributed by atoms with Crippen molar-refractivity contribution >= 4 is 45.3 Å². The second-order valence-electron chi connectivity index (χ2n) is 9.71. The number of H-pyrrole nitrogens is 1. The number of halogens is 1. The van der Waals surface area contributed by atoms with Crippen molar-refractivity contribution in [3.05, 3.63) is 141 Å². The molecular formula is C34H26ClN3O2. The molecule has 4 aromatic carbocycles. The predicted octanol–water partition coefficient (Wildman–Crippen LogP) is 7.71. The number of hydrogen-bond donors (Lipinski definition) is 1. The van der Waals surface area contributed by atoms with Crippen molar-refractivity contribution in [2.75, 3.05) is 0 Å². The van der Waals surface area contributed by atoms with Gasteiger partial charge in [0, 0.05) is 27.9 Å². The highest BCUT2D eigenvalue weighted by molar-refractivity contribution is 6.31. The maximum absolute atomic E-state index is 13.5. The zero-order valence-corrected chi connectivity index (χ0v) is 22.7. The third-order valence-electron chi connectivity index (χ3n) is 7.17. The number of carbonyl (C=O) groups excluding carboxylic acids is 1. The Bertz CT molecular complexity index is 1950. The smallest absolute Gasteiger partial charge is 0.259 e. The lowest BCUT2D eigenvalue weighted by Crippen LogP contribution is -2.20. The van der Waals surface area contributed by atoms with Crippen molar-refractivity contribution in [2.24, 2.45) is 0 Å². The van der Waals surface area contributed by atoms with Gasteiger partial charge in [0.2, 0.25) is 0 Å². The molecule has 0 radical (unpaired) electrons. The molecule has 0 saturated carbocycles. The number of carbonyl (C=O) groups is 1. The Balaban J connectivity index is 1.31. The summed E-state index contributed by atoms with van der Waals surface area (Å²) in [6, 6.07) is 29.4. The van der Waals surface area contributed by atoms with Crippen LogP contribution in [0, 0.1) is 0 Å². The minimum Gasteiger partial charge on any atom is -0.321 e. The molecule has 6 aromatic rings. The number of rotatable bonds is 7. The number of pyridine rings is 1. The number of ketones is 1. The number of aromatic amines is 1. The van der Waals surface area contributed by atoms with Crippen LogP contribution in [0.3, 0.4) is 0 Å². The number of benzene rings is 4. The third kappa shape index (κ3) is 4.99. The Morgan fingerprint density at radius 1 is 0.950 bits per heavy atom. The third-order valence-corrected chi connectivity index (χ3v) is 7.40. The lowest BCUT2D eigenvalue weighted by atomic mass is 9.94. The largest absolute Gasteiger partial charge is 0.321 e. The van der Waals surface area contributed by atoms with E-state index in [4.69, 9.17) is 11.6 Å².